The zero-order chi connectivity index (χ0) is 15.0. The molecule has 1 unspecified atom stereocenters. The summed E-state index contributed by atoms with van der Waals surface area (Å²) in [5, 5.41) is 3.07. The largest absolute Gasteiger partial charge is 0.311 e. The van der Waals surface area contributed by atoms with Crippen LogP contribution in [0.3, 0.4) is 0 Å². The molecule has 3 aromatic rings. The summed E-state index contributed by atoms with van der Waals surface area (Å²) >= 11 is 7.99. The lowest BCUT2D eigenvalue weighted by atomic mass is 10.3. The van der Waals surface area contributed by atoms with Crippen LogP contribution in [-0.2, 0) is 13.0 Å². The average molecular weight is 321 g/mol. The van der Waals surface area contributed by atoms with Crippen LogP contribution >= 0.6 is 22.9 Å². The van der Waals surface area contributed by atoms with Crippen LogP contribution in [0.1, 0.15) is 34.4 Å². The van der Waals surface area contributed by atoms with Crippen molar-refractivity contribution in [3.05, 3.63) is 39.7 Å². The van der Waals surface area contributed by atoms with E-state index in [9.17, 15) is 0 Å². The highest BCUT2D eigenvalue weighted by atomic mass is 35.5. The molecule has 3 heterocycles. The quantitative estimate of drug-likeness (QED) is 0.681. The van der Waals surface area contributed by atoms with Crippen LogP contribution in [0.4, 0.5) is 0 Å². The Hall–Kier alpha value is -1.46. The Bertz CT molecular complexity index is 775. The molecule has 0 radical (unpaired) electrons. The second kappa shape index (κ2) is 5.73. The molecule has 21 heavy (non-hydrogen) atoms. The van der Waals surface area contributed by atoms with Gasteiger partial charge in [0.15, 0.2) is 5.65 Å². The zero-order valence-corrected chi connectivity index (χ0v) is 13.9. The van der Waals surface area contributed by atoms with Crippen LogP contribution in [-0.4, -0.2) is 19.5 Å². The first kappa shape index (κ1) is 14.5. The number of nitrogens with zero attached hydrogens (tertiary/aromatic N) is 4. The molecule has 0 aliphatic heterocycles. The van der Waals surface area contributed by atoms with Gasteiger partial charge in [-0.15, -0.1) is 22.9 Å². The lowest BCUT2D eigenvalue weighted by Crippen LogP contribution is -2.07. The van der Waals surface area contributed by atoms with Gasteiger partial charge in [-0.05, 0) is 32.4 Å². The van der Waals surface area contributed by atoms with Crippen LogP contribution in [0.15, 0.2) is 17.6 Å². The van der Waals surface area contributed by atoms with E-state index < -0.39 is 0 Å². The molecule has 3 aromatic heterocycles. The van der Waals surface area contributed by atoms with Crippen molar-refractivity contribution in [1.82, 2.24) is 19.5 Å². The average Bonchev–Trinajstić information content (AvgIpc) is 3.01. The van der Waals surface area contributed by atoms with E-state index in [4.69, 9.17) is 11.6 Å². The van der Waals surface area contributed by atoms with E-state index in [0.717, 1.165) is 46.2 Å². The number of rotatable bonds is 4. The Balaban J connectivity index is 1.99. The summed E-state index contributed by atoms with van der Waals surface area (Å²) in [7, 11) is 0. The number of fused-ring (bicyclic) bond motifs is 1. The Morgan fingerprint density at radius 1 is 1.33 bits per heavy atom. The van der Waals surface area contributed by atoms with Crippen molar-refractivity contribution in [2.45, 2.75) is 39.1 Å². The third kappa shape index (κ3) is 2.80. The predicted octanol–water partition coefficient (Wildman–Crippen LogP) is 4.05. The Labute approximate surface area is 132 Å². The van der Waals surface area contributed by atoms with Crippen molar-refractivity contribution in [3.63, 3.8) is 0 Å². The minimum atomic E-state index is -0.142. The van der Waals surface area contributed by atoms with Crippen LogP contribution in [0, 0.1) is 13.8 Å². The number of hydrogen-bond donors (Lipinski definition) is 0. The van der Waals surface area contributed by atoms with E-state index in [1.165, 1.54) is 0 Å². The molecule has 6 heteroatoms. The summed E-state index contributed by atoms with van der Waals surface area (Å²) in [6.07, 6.45) is 2.70. The molecule has 0 fully saturated rings. The van der Waals surface area contributed by atoms with Crippen LogP contribution in [0.5, 0.6) is 0 Å². The summed E-state index contributed by atoms with van der Waals surface area (Å²) in [6, 6.07) is 1.98. The standard InChI is InChI=1S/C15H17ClN4S/c1-9-4-6-17-15-13(9)19-14(11(3)16)20(15)7-5-12-18-10(2)8-21-12/h4,6,8,11H,5,7H2,1-3H3. The second-order valence-electron chi connectivity index (χ2n) is 5.17. The minimum absolute atomic E-state index is 0.142. The minimum Gasteiger partial charge on any atom is -0.311 e. The molecule has 0 aliphatic carbocycles. The molecular formula is C15H17ClN4S. The van der Waals surface area contributed by atoms with Gasteiger partial charge in [-0.1, -0.05) is 0 Å². The van der Waals surface area contributed by atoms with Gasteiger partial charge in [0.05, 0.1) is 10.4 Å². The number of imidazole rings is 1. The second-order valence-corrected chi connectivity index (χ2v) is 6.77. The van der Waals surface area contributed by atoms with Crippen molar-refractivity contribution >= 4 is 34.1 Å². The Kier molecular flexibility index (Phi) is 3.95. The van der Waals surface area contributed by atoms with Gasteiger partial charge in [0.2, 0.25) is 0 Å². The van der Waals surface area contributed by atoms with Gasteiger partial charge in [-0.25, -0.2) is 15.0 Å². The molecule has 0 spiro atoms. The fourth-order valence-electron chi connectivity index (χ4n) is 2.40. The number of halogens is 1. The van der Waals surface area contributed by atoms with Crippen LogP contribution < -0.4 is 0 Å². The molecule has 0 saturated heterocycles. The molecule has 1 atom stereocenters. The molecule has 0 aromatic carbocycles. The molecule has 0 N–H and O–H groups in total. The van der Waals surface area contributed by atoms with Gasteiger partial charge in [0.1, 0.15) is 11.3 Å². The van der Waals surface area contributed by atoms with Crippen LogP contribution in [0.25, 0.3) is 11.2 Å². The maximum Gasteiger partial charge on any atom is 0.160 e. The Morgan fingerprint density at radius 2 is 2.14 bits per heavy atom. The first-order valence-electron chi connectivity index (χ1n) is 6.93. The van der Waals surface area contributed by atoms with Gasteiger partial charge in [-0.3, -0.25) is 0 Å². The molecule has 0 amide bonds. The molecule has 110 valence electrons. The fraction of sp³-hybridized carbons (Fsp3) is 0.400. The molecular weight excluding hydrogens is 304 g/mol. The van der Waals surface area contributed by atoms with Crippen LogP contribution in [0.2, 0.25) is 0 Å². The van der Waals surface area contributed by atoms with E-state index in [2.05, 4.69) is 24.9 Å². The predicted molar refractivity (Wildman–Crippen MR) is 87.1 cm³/mol. The number of hydrogen-bond acceptors (Lipinski definition) is 4. The van der Waals surface area contributed by atoms with E-state index in [-0.39, 0.29) is 5.38 Å². The maximum absolute atomic E-state index is 6.29. The monoisotopic (exact) mass is 320 g/mol. The zero-order valence-electron chi connectivity index (χ0n) is 12.3. The van der Waals surface area contributed by atoms with E-state index in [1.54, 1.807) is 11.3 Å². The third-order valence-electron chi connectivity index (χ3n) is 3.44. The maximum atomic E-state index is 6.29. The number of alkyl halides is 1. The van der Waals surface area contributed by atoms with Gasteiger partial charge < -0.3 is 4.57 Å². The summed E-state index contributed by atoms with van der Waals surface area (Å²) in [5.74, 6) is 0.877. The van der Waals surface area contributed by atoms with E-state index in [1.807, 2.05) is 33.0 Å². The van der Waals surface area contributed by atoms with Crippen molar-refractivity contribution in [2.24, 2.45) is 0 Å². The molecule has 3 rings (SSSR count). The fourth-order valence-corrected chi connectivity index (χ4v) is 3.34. The SMILES string of the molecule is Cc1csc(CCn2c(C(C)Cl)nc3c(C)ccnc32)n1. The highest BCUT2D eigenvalue weighted by molar-refractivity contribution is 7.09. The van der Waals surface area contributed by atoms with Crippen molar-refractivity contribution in [1.29, 1.82) is 0 Å². The number of aromatic nitrogens is 4. The van der Waals surface area contributed by atoms with Gasteiger partial charge in [-0.2, -0.15) is 0 Å². The van der Waals surface area contributed by atoms with Gasteiger partial charge in [0.25, 0.3) is 0 Å². The number of pyridine rings is 1. The van der Waals surface area contributed by atoms with Crippen molar-refractivity contribution in [3.8, 4) is 0 Å². The lowest BCUT2D eigenvalue weighted by Gasteiger charge is -2.08. The number of thiazole rings is 1. The molecule has 4 nitrogen and oxygen atoms in total. The van der Waals surface area contributed by atoms with Crippen molar-refractivity contribution < 1.29 is 0 Å². The van der Waals surface area contributed by atoms with Crippen molar-refractivity contribution in [2.75, 3.05) is 0 Å². The first-order chi connectivity index (χ1) is 10.1. The summed E-state index contributed by atoms with van der Waals surface area (Å²) < 4.78 is 2.12. The molecule has 0 aliphatic rings. The van der Waals surface area contributed by atoms with E-state index >= 15 is 0 Å². The normalized spacial score (nSPS) is 13.0. The topological polar surface area (TPSA) is 43.6 Å². The van der Waals surface area contributed by atoms with E-state index in [0.29, 0.717) is 0 Å². The van der Waals surface area contributed by atoms with Gasteiger partial charge >= 0.3 is 0 Å². The summed E-state index contributed by atoms with van der Waals surface area (Å²) in [6.45, 7) is 6.81. The molecule has 0 bridgehead atoms. The summed E-state index contributed by atoms with van der Waals surface area (Å²) in [4.78, 5) is 13.7. The third-order valence-corrected chi connectivity index (χ3v) is 4.66. The molecule has 0 saturated carbocycles. The summed E-state index contributed by atoms with van der Waals surface area (Å²) in [5.41, 5.74) is 4.05. The smallest absolute Gasteiger partial charge is 0.160 e. The highest BCUT2D eigenvalue weighted by Crippen LogP contribution is 2.25. The number of aryl methyl sites for hydroxylation is 4. The Morgan fingerprint density at radius 3 is 2.81 bits per heavy atom. The highest BCUT2D eigenvalue weighted by Gasteiger charge is 2.17. The first-order valence-corrected chi connectivity index (χ1v) is 8.24. The lowest BCUT2D eigenvalue weighted by molar-refractivity contribution is 0.661. The van der Waals surface area contributed by atoms with Gasteiger partial charge in [0, 0.05) is 30.2 Å².